The van der Waals surface area contributed by atoms with Crippen molar-refractivity contribution in [2.75, 3.05) is 12.8 Å². The van der Waals surface area contributed by atoms with Crippen molar-refractivity contribution in [1.82, 2.24) is 10.2 Å². The number of carbonyl (C=O) groups excluding carboxylic acids is 2. The fraction of sp³-hybridized carbons (Fsp3) is 0.300. The summed E-state index contributed by atoms with van der Waals surface area (Å²) in [6.45, 7) is 1.67. The van der Waals surface area contributed by atoms with Crippen LogP contribution >= 0.6 is 23.4 Å². The molecule has 144 valence electrons. The Hall–Kier alpha value is -2.05. The Labute approximate surface area is 168 Å². The standard InChI is InChI=1S/C20H22ClFN2O2S/c1-14(20(26)23-2)24(11-15-7-4-6-10-18(15)22)19(25)13-27-12-16-8-3-5-9-17(16)21/h3-10,14H,11-13H2,1-2H3,(H,23,26). The molecule has 0 aliphatic carbocycles. The first-order valence-corrected chi connectivity index (χ1v) is 10.0. The van der Waals surface area contributed by atoms with E-state index in [2.05, 4.69) is 5.32 Å². The lowest BCUT2D eigenvalue weighted by Crippen LogP contribution is -2.47. The number of hydrogen-bond acceptors (Lipinski definition) is 3. The Morgan fingerprint density at radius 2 is 1.78 bits per heavy atom. The number of hydrogen-bond donors (Lipinski definition) is 1. The number of halogens is 2. The maximum absolute atomic E-state index is 14.0. The molecule has 2 aromatic rings. The smallest absolute Gasteiger partial charge is 0.242 e. The van der Waals surface area contributed by atoms with E-state index in [1.165, 1.54) is 29.8 Å². The molecule has 4 nitrogen and oxygen atoms in total. The summed E-state index contributed by atoms with van der Waals surface area (Å²) in [7, 11) is 1.51. The topological polar surface area (TPSA) is 49.4 Å². The zero-order chi connectivity index (χ0) is 19.8. The van der Waals surface area contributed by atoms with Crippen molar-refractivity contribution < 1.29 is 14.0 Å². The van der Waals surface area contributed by atoms with Crippen molar-refractivity contribution in [3.63, 3.8) is 0 Å². The maximum Gasteiger partial charge on any atom is 0.242 e. The molecule has 2 aromatic carbocycles. The molecule has 2 rings (SSSR count). The summed E-state index contributed by atoms with van der Waals surface area (Å²) in [5.41, 5.74) is 1.31. The van der Waals surface area contributed by atoms with Gasteiger partial charge in [0.15, 0.2) is 0 Å². The first-order valence-electron chi connectivity index (χ1n) is 8.49. The van der Waals surface area contributed by atoms with Crippen molar-refractivity contribution in [2.45, 2.75) is 25.3 Å². The van der Waals surface area contributed by atoms with Crippen LogP contribution in [0.25, 0.3) is 0 Å². The van der Waals surface area contributed by atoms with Crippen molar-refractivity contribution in [1.29, 1.82) is 0 Å². The van der Waals surface area contributed by atoms with Crippen LogP contribution in [0.15, 0.2) is 48.5 Å². The molecule has 0 aromatic heterocycles. The second-order valence-corrected chi connectivity index (χ2v) is 7.38. The fourth-order valence-electron chi connectivity index (χ4n) is 2.55. The van der Waals surface area contributed by atoms with Crippen molar-refractivity contribution in [3.8, 4) is 0 Å². The quantitative estimate of drug-likeness (QED) is 0.721. The lowest BCUT2D eigenvalue weighted by Gasteiger charge is -2.28. The van der Waals surface area contributed by atoms with Crippen LogP contribution in [0.4, 0.5) is 4.39 Å². The average molecular weight is 409 g/mol. The van der Waals surface area contributed by atoms with E-state index in [4.69, 9.17) is 11.6 Å². The minimum atomic E-state index is -0.706. The van der Waals surface area contributed by atoms with Gasteiger partial charge in [-0.3, -0.25) is 9.59 Å². The van der Waals surface area contributed by atoms with Crippen LogP contribution in [-0.4, -0.2) is 35.6 Å². The summed E-state index contributed by atoms with van der Waals surface area (Å²) in [5, 5.41) is 3.19. The molecule has 0 fully saturated rings. The van der Waals surface area contributed by atoms with E-state index >= 15 is 0 Å². The highest BCUT2D eigenvalue weighted by atomic mass is 35.5. The number of likely N-dealkylation sites (N-methyl/N-ethyl adjacent to an activating group) is 1. The van der Waals surface area contributed by atoms with Gasteiger partial charge in [0.1, 0.15) is 11.9 Å². The van der Waals surface area contributed by atoms with Crippen molar-refractivity contribution in [2.24, 2.45) is 0 Å². The van der Waals surface area contributed by atoms with E-state index in [1.807, 2.05) is 18.2 Å². The summed E-state index contributed by atoms with van der Waals surface area (Å²) < 4.78 is 14.0. The Morgan fingerprint density at radius 3 is 2.41 bits per heavy atom. The Kier molecular flexibility index (Phi) is 8.13. The van der Waals surface area contributed by atoms with Crippen LogP contribution in [0, 0.1) is 5.82 Å². The van der Waals surface area contributed by atoms with Gasteiger partial charge in [-0.25, -0.2) is 4.39 Å². The van der Waals surface area contributed by atoms with Crippen LogP contribution in [-0.2, 0) is 21.9 Å². The van der Waals surface area contributed by atoms with Crippen molar-refractivity contribution in [3.05, 3.63) is 70.5 Å². The molecule has 0 spiro atoms. The molecule has 1 unspecified atom stereocenters. The van der Waals surface area contributed by atoms with Crippen LogP contribution in [0.1, 0.15) is 18.1 Å². The molecule has 1 N–H and O–H groups in total. The molecule has 7 heteroatoms. The Morgan fingerprint density at radius 1 is 1.15 bits per heavy atom. The predicted molar refractivity (Wildman–Crippen MR) is 108 cm³/mol. The number of benzene rings is 2. The van der Waals surface area contributed by atoms with E-state index in [-0.39, 0.29) is 24.1 Å². The third-order valence-electron chi connectivity index (χ3n) is 4.15. The lowest BCUT2D eigenvalue weighted by atomic mass is 10.1. The largest absolute Gasteiger partial charge is 0.357 e. The predicted octanol–water partition coefficient (Wildman–Crippen LogP) is 3.88. The number of rotatable bonds is 8. The molecule has 0 bridgehead atoms. The highest BCUT2D eigenvalue weighted by Gasteiger charge is 2.26. The minimum Gasteiger partial charge on any atom is -0.357 e. The van der Waals surface area contributed by atoms with Crippen LogP contribution in [0.2, 0.25) is 5.02 Å². The van der Waals surface area contributed by atoms with E-state index in [9.17, 15) is 14.0 Å². The Balaban J connectivity index is 2.07. The second kappa shape index (κ2) is 10.3. The number of thioether (sulfide) groups is 1. The van der Waals surface area contributed by atoms with Gasteiger partial charge in [0, 0.05) is 29.9 Å². The zero-order valence-corrected chi connectivity index (χ0v) is 16.8. The van der Waals surface area contributed by atoms with E-state index in [0.29, 0.717) is 16.3 Å². The third-order valence-corrected chi connectivity index (χ3v) is 5.49. The second-order valence-electron chi connectivity index (χ2n) is 5.99. The molecule has 1 atom stereocenters. The molecular weight excluding hydrogens is 387 g/mol. The molecule has 0 aliphatic rings. The molecule has 0 saturated carbocycles. The first-order chi connectivity index (χ1) is 12.9. The average Bonchev–Trinajstić information content (AvgIpc) is 2.67. The maximum atomic E-state index is 14.0. The summed E-state index contributed by atoms with van der Waals surface area (Å²) >= 11 is 7.54. The molecular formula is C20H22ClFN2O2S. The summed E-state index contributed by atoms with van der Waals surface area (Å²) in [4.78, 5) is 26.2. The van der Waals surface area contributed by atoms with Gasteiger partial charge in [-0.1, -0.05) is 48.0 Å². The highest BCUT2D eigenvalue weighted by molar-refractivity contribution is 7.99. The van der Waals surface area contributed by atoms with Gasteiger partial charge in [-0.05, 0) is 24.6 Å². The summed E-state index contributed by atoms with van der Waals surface area (Å²) in [5.74, 6) is -0.181. The normalized spacial score (nSPS) is 11.7. The third kappa shape index (κ3) is 5.97. The monoisotopic (exact) mass is 408 g/mol. The lowest BCUT2D eigenvalue weighted by molar-refractivity contribution is -0.138. The molecule has 27 heavy (non-hydrogen) atoms. The van der Waals surface area contributed by atoms with Gasteiger partial charge in [0.05, 0.1) is 5.75 Å². The van der Waals surface area contributed by atoms with Gasteiger partial charge in [-0.2, -0.15) is 0 Å². The summed E-state index contributed by atoms with van der Waals surface area (Å²) in [6, 6.07) is 13.0. The van der Waals surface area contributed by atoms with E-state index in [1.54, 1.807) is 31.2 Å². The number of amides is 2. The van der Waals surface area contributed by atoms with Crippen LogP contribution in [0.5, 0.6) is 0 Å². The number of carbonyl (C=O) groups is 2. The molecule has 0 radical (unpaired) electrons. The highest BCUT2D eigenvalue weighted by Crippen LogP contribution is 2.22. The van der Waals surface area contributed by atoms with E-state index < -0.39 is 11.9 Å². The first kappa shape index (κ1) is 21.3. The minimum absolute atomic E-state index is 0.0345. The zero-order valence-electron chi connectivity index (χ0n) is 15.2. The number of nitrogens with one attached hydrogen (secondary N) is 1. The SMILES string of the molecule is CNC(=O)C(C)N(Cc1ccccc1F)C(=O)CSCc1ccccc1Cl. The number of nitrogens with zero attached hydrogens (tertiary/aromatic N) is 1. The van der Waals surface area contributed by atoms with Crippen LogP contribution in [0.3, 0.4) is 0 Å². The molecule has 0 heterocycles. The van der Waals surface area contributed by atoms with Crippen LogP contribution < -0.4 is 5.32 Å². The Bertz CT molecular complexity index is 803. The fourth-order valence-corrected chi connectivity index (χ4v) is 3.74. The molecule has 2 amide bonds. The van der Waals surface area contributed by atoms with Gasteiger partial charge in [0.2, 0.25) is 11.8 Å². The van der Waals surface area contributed by atoms with Gasteiger partial charge in [0.25, 0.3) is 0 Å². The summed E-state index contributed by atoms with van der Waals surface area (Å²) in [6.07, 6.45) is 0. The van der Waals surface area contributed by atoms with E-state index in [0.717, 1.165) is 5.56 Å². The van der Waals surface area contributed by atoms with Crippen molar-refractivity contribution >= 4 is 35.2 Å². The van der Waals surface area contributed by atoms with Gasteiger partial charge >= 0.3 is 0 Å². The van der Waals surface area contributed by atoms with Gasteiger partial charge in [-0.15, -0.1) is 11.8 Å². The van der Waals surface area contributed by atoms with Gasteiger partial charge < -0.3 is 10.2 Å². The molecule has 0 aliphatic heterocycles. The molecule has 0 saturated heterocycles.